The molecule has 21 heavy (non-hydrogen) atoms. The molecule has 1 fully saturated rings. The molecule has 3 nitrogen and oxygen atoms in total. The zero-order chi connectivity index (χ0) is 15.2. The zero-order valence-corrected chi connectivity index (χ0v) is 14.0. The number of likely N-dealkylation sites (N-methyl/N-ethyl adjacent to an activating group) is 1. The number of aryl methyl sites for hydroxylation is 1. The highest BCUT2D eigenvalue weighted by atomic mass is 16.5. The molecule has 0 spiro atoms. The Kier molecular flexibility index (Phi) is 6.07. The van der Waals surface area contributed by atoms with Crippen LogP contribution in [0.5, 0.6) is 5.75 Å². The number of ether oxygens (including phenoxy) is 1. The lowest BCUT2D eigenvalue weighted by molar-refractivity contribution is 0.242. The molecule has 118 valence electrons. The van der Waals surface area contributed by atoms with Crippen molar-refractivity contribution >= 4 is 0 Å². The third-order valence-electron chi connectivity index (χ3n) is 4.71. The van der Waals surface area contributed by atoms with E-state index in [-0.39, 0.29) is 0 Å². The van der Waals surface area contributed by atoms with Crippen molar-refractivity contribution in [3.8, 4) is 5.75 Å². The summed E-state index contributed by atoms with van der Waals surface area (Å²) in [7, 11) is 4.00. The normalized spacial score (nSPS) is 17.4. The van der Waals surface area contributed by atoms with Crippen LogP contribution in [0, 0.1) is 6.92 Å². The molecule has 1 atom stereocenters. The van der Waals surface area contributed by atoms with Crippen molar-refractivity contribution in [2.24, 2.45) is 0 Å². The van der Waals surface area contributed by atoms with Gasteiger partial charge in [-0.15, -0.1) is 0 Å². The highest BCUT2D eigenvalue weighted by molar-refractivity contribution is 5.38. The Bertz CT molecular complexity index is 441. The Morgan fingerprint density at radius 3 is 2.71 bits per heavy atom. The number of benzene rings is 1. The van der Waals surface area contributed by atoms with E-state index >= 15 is 0 Å². The first-order valence-corrected chi connectivity index (χ1v) is 8.20. The van der Waals surface area contributed by atoms with Gasteiger partial charge in [0.25, 0.3) is 0 Å². The number of nitrogens with zero attached hydrogens (tertiary/aromatic N) is 1. The third kappa shape index (κ3) is 4.45. The van der Waals surface area contributed by atoms with Gasteiger partial charge in [-0.25, -0.2) is 0 Å². The fourth-order valence-electron chi connectivity index (χ4n) is 3.29. The molecule has 1 aliphatic carbocycles. The first-order chi connectivity index (χ1) is 10.1. The molecule has 1 aromatic rings. The first kappa shape index (κ1) is 16.3. The summed E-state index contributed by atoms with van der Waals surface area (Å²) in [6.45, 7) is 6.48. The molecule has 0 aromatic heterocycles. The van der Waals surface area contributed by atoms with E-state index in [9.17, 15) is 0 Å². The van der Waals surface area contributed by atoms with Crippen molar-refractivity contribution in [3.63, 3.8) is 0 Å². The lowest BCUT2D eigenvalue weighted by Crippen LogP contribution is -2.36. The number of nitrogens with one attached hydrogen (secondary N) is 1. The number of hydrogen-bond acceptors (Lipinski definition) is 3. The van der Waals surface area contributed by atoms with Crippen molar-refractivity contribution in [2.45, 2.75) is 51.6 Å². The van der Waals surface area contributed by atoms with E-state index in [0.717, 1.165) is 24.9 Å². The monoisotopic (exact) mass is 290 g/mol. The van der Waals surface area contributed by atoms with Crippen LogP contribution in [0.1, 0.15) is 49.8 Å². The molecule has 1 N–H and O–H groups in total. The second kappa shape index (κ2) is 7.81. The van der Waals surface area contributed by atoms with E-state index in [1.165, 1.54) is 36.8 Å². The van der Waals surface area contributed by atoms with E-state index in [4.69, 9.17) is 4.74 Å². The van der Waals surface area contributed by atoms with Gasteiger partial charge in [0.05, 0.1) is 7.11 Å². The van der Waals surface area contributed by atoms with Crippen LogP contribution in [0.4, 0.5) is 0 Å². The predicted molar refractivity (Wildman–Crippen MR) is 89.0 cm³/mol. The second-order valence-corrected chi connectivity index (χ2v) is 6.34. The summed E-state index contributed by atoms with van der Waals surface area (Å²) in [5, 5.41) is 3.63. The minimum Gasteiger partial charge on any atom is -0.496 e. The standard InChI is InChI=1S/C18H30N2O/c1-14-9-10-18(21-4)17(13-14)15(2)19-11-12-20(3)16-7-5-6-8-16/h9-10,13,15-16,19H,5-8,11-12H2,1-4H3. The van der Waals surface area contributed by atoms with Gasteiger partial charge < -0.3 is 15.0 Å². The van der Waals surface area contributed by atoms with Gasteiger partial charge in [0, 0.05) is 30.7 Å². The molecular weight excluding hydrogens is 260 g/mol. The van der Waals surface area contributed by atoms with E-state index in [1.54, 1.807) is 7.11 Å². The minimum absolute atomic E-state index is 0.317. The van der Waals surface area contributed by atoms with E-state index in [2.05, 4.69) is 49.3 Å². The van der Waals surface area contributed by atoms with Crippen molar-refractivity contribution in [2.75, 3.05) is 27.2 Å². The highest BCUT2D eigenvalue weighted by Crippen LogP contribution is 2.26. The molecule has 1 aliphatic rings. The van der Waals surface area contributed by atoms with Gasteiger partial charge in [-0.2, -0.15) is 0 Å². The van der Waals surface area contributed by atoms with Gasteiger partial charge in [-0.05, 0) is 39.8 Å². The van der Waals surface area contributed by atoms with Crippen LogP contribution >= 0.6 is 0 Å². The van der Waals surface area contributed by atoms with Crippen LogP contribution in [0.15, 0.2) is 18.2 Å². The Hall–Kier alpha value is -1.06. The molecule has 1 aromatic carbocycles. The van der Waals surface area contributed by atoms with Gasteiger partial charge in [0.1, 0.15) is 5.75 Å². The maximum absolute atomic E-state index is 5.48. The topological polar surface area (TPSA) is 24.5 Å². The van der Waals surface area contributed by atoms with Gasteiger partial charge in [0.15, 0.2) is 0 Å². The summed E-state index contributed by atoms with van der Waals surface area (Å²) in [5.41, 5.74) is 2.53. The molecule has 0 aliphatic heterocycles. The van der Waals surface area contributed by atoms with Gasteiger partial charge >= 0.3 is 0 Å². The van der Waals surface area contributed by atoms with Crippen LogP contribution in [0.25, 0.3) is 0 Å². The lowest BCUT2D eigenvalue weighted by Gasteiger charge is -2.25. The van der Waals surface area contributed by atoms with E-state index in [1.807, 2.05) is 0 Å². The number of hydrogen-bond donors (Lipinski definition) is 1. The van der Waals surface area contributed by atoms with Crippen molar-refractivity contribution in [3.05, 3.63) is 29.3 Å². The lowest BCUT2D eigenvalue weighted by atomic mass is 10.0. The molecule has 0 heterocycles. The van der Waals surface area contributed by atoms with Gasteiger partial charge in [0.2, 0.25) is 0 Å². The van der Waals surface area contributed by atoms with Crippen molar-refractivity contribution < 1.29 is 4.74 Å². The first-order valence-electron chi connectivity index (χ1n) is 8.20. The summed E-state index contributed by atoms with van der Waals surface area (Å²) in [6.07, 6.45) is 5.55. The molecular formula is C18H30N2O. The molecule has 0 radical (unpaired) electrons. The van der Waals surface area contributed by atoms with Crippen LogP contribution in [-0.4, -0.2) is 38.2 Å². The van der Waals surface area contributed by atoms with Crippen LogP contribution in [0.2, 0.25) is 0 Å². The Labute approximate surface area is 129 Å². The number of methoxy groups -OCH3 is 1. The largest absolute Gasteiger partial charge is 0.496 e. The summed E-state index contributed by atoms with van der Waals surface area (Å²) in [6, 6.07) is 7.50. The minimum atomic E-state index is 0.317. The fourth-order valence-corrected chi connectivity index (χ4v) is 3.29. The average Bonchev–Trinajstić information content (AvgIpc) is 3.01. The van der Waals surface area contributed by atoms with Crippen LogP contribution < -0.4 is 10.1 Å². The van der Waals surface area contributed by atoms with Crippen LogP contribution in [0.3, 0.4) is 0 Å². The highest BCUT2D eigenvalue weighted by Gasteiger charge is 2.19. The molecule has 0 amide bonds. The van der Waals surface area contributed by atoms with Gasteiger partial charge in [-0.1, -0.05) is 30.5 Å². The molecule has 0 bridgehead atoms. The Morgan fingerprint density at radius 2 is 2.05 bits per heavy atom. The maximum atomic E-state index is 5.48. The summed E-state index contributed by atoms with van der Waals surface area (Å²) < 4.78 is 5.48. The summed E-state index contributed by atoms with van der Waals surface area (Å²) in [5.74, 6) is 0.977. The Morgan fingerprint density at radius 1 is 1.33 bits per heavy atom. The van der Waals surface area contributed by atoms with Gasteiger partial charge in [-0.3, -0.25) is 0 Å². The molecule has 3 heteroatoms. The Balaban J connectivity index is 1.83. The number of rotatable bonds is 7. The van der Waals surface area contributed by atoms with E-state index in [0.29, 0.717) is 6.04 Å². The quantitative estimate of drug-likeness (QED) is 0.831. The third-order valence-corrected chi connectivity index (χ3v) is 4.71. The smallest absolute Gasteiger partial charge is 0.123 e. The second-order valence-electron chi connectivity index (χ2n) is 6.34. The molecule has 1 unspecified atom stereocenters. The fraction of sp³-hybridized carbons (Fsp3) is 0.667. The molecule has 1 saturated carbocycles. The molecule has 0 saturated heterocycles. The van der Waals surface area contributed by atoms with Crippen LogP contribution in [-0.2, 0) is 0 Å². The van der Waals surface area contributed by atoms with Crippen molar-refractivity contribution in [1.82, 2.24) is 10.2 Å². The predicted octanol–water partition coefficient (Wildman–Crippen LogP) is 3.53. The van der Waals surface area contributed by atoms with E-state index < -0.39 is 0 Å². The molecule has 2 rings (SSSR count). The van der Waals surface area contributed by atoms with Crippen molar-refractivity contribution in [1.29, 1.82) is 0 Å². The average molecular weight is 290 g/mol. The summed E-state index contributed by atoms with van der Waals surface area (Å²) >= 11 is 0. The maximum Gasteiger partial charge on any atom is 0.123 e. The SMILES string of the molecule is COc1ccc(C)cc1C(C)NCCN(C)C1CCCC1. The summed E-state index contributed by atoms with van der Waals surface area (Å²) in [4.78, 5) is 2.51. The zero-order valence-electron chi connectivity index (χ0n) is 14.0.